The largest absolute Gasteiger partial charge is 0.488 e. The van der Waals surface area contributed by atoms with E-state index in [-0.39, 0.29) is 11.9 Å². The van der Waals surface area contributed by atoms with Crippen LogP contribution in [0, 0.1) is 5.82 Å². The molecule has 4 nitrogen and oxygen atoms in total. The first kappa shape index (κ1) is 13.5. The number of fused-ring (bicyclic) bond motifs is 1. The number of hydrogen-bond acceptors (Lipinski definition) is 4. The molecular formula is C16H20FNO3. The van der Waals surface area contributed by atoms with E-state index in [1.54, 1.807) is 12.1 Å². The van der Waals surface area contributed by atoms with E-state index >= 15 is 0 Å². The number of piperidine rings is 1. The van der Waals surface area contributed by atoms with Crippen LogP contribution in [0.1, 0.15) is 18.4 Å². The third-order valence-corrected chi connectivity index (χ3v) is 4.54. The Kier molecular flexibility index (Phi) is 3.36. The smallest absolute Gasteiger partial charge is 0.181 e. The Morgan fingerprint density at radius 2 is 2.14 bits per heavy atom. The molecule has 0 radical (unpaired) electrons. The van der Waals surface area contributed by atoms with E-state index in [4.69, 9.17) is 14.2 Å². The van der Waals surface area contributed by atoms with Gasteiger partial charge in [0.15, 0.2) is 5.79 Å². The number of halogens is 1. The molecule has 0 bridgehead atoms. The van der Waals surface area contributed by atoms with Crippen molar-refractivity contribution in [1.29, 1.82) is 0 Å². The molecule has 2 fully saturated rings. The van der Waals surface area contributed by atoms with Crippen molar-refractivity contribution in [3.63, 3.8) is 0 Å². The fourth-order valence-electron chi connectivity index (χ4n) is 3.64. The van der Waals surface area contributed by atoms with Crippen molar-refractivity contribution in [1.82, 2.24) is 4.90 Å². The highest BCUT2D eigenvalue weighted by Gasteiger charge is 2.41. The Hall–Kier alpha value is -1.17. The second-order valence-electron chi connectivity index (χ2n) is 6.14. The first-order chi connectivity index (χ1) is 10.2. The summed E-state index contributed by atoms with van der Waals surface area (Å²) >= 11 is 0. The predicted molar refractivity (Wildman–Crippen MR) is 74.8 cm³/mol. The third-order valence-electron chi connectivity index (χ3n) is 4.54. The molecule has 1 unspecified atom stereocenters. The lowest BCUT2D eigenvalue weighted by molar-refractivity contribution is -0.190. The highest BCUT2D eigenvalue weighted by molar-refractivity contribution is 5.37. The first-order valence-corrected chi connectivity index (χ1v) is 7.68. The highest BCUT2D eigenvalue weighted by atomic mass is 19.1. The van der Waals surface area contributed by atoms with Crippen molar-refractivity contribution in [2.24, 2.45) is 0 Å². The average molecular weight is 293 g/mol. The molecular weight excluding hydrogens is 273 g/mol. The van der Waals surface area contributed by atoms with Crippen LogP contribution in [0.4, 0.5) is 4.39 Å². The first-order valence-electron chi connectivity index (χ1n) is 7.68. The van der Waals surface area contributed by atoms with Crippen LogP contribution in [0.25, 0.3) is 0 Å². The number of ether oxygens (including phenoxy) is 3. The van der Waals surface area contributed by atoms with Crippen LogP contribution in [0.15, 0.2) is 18.2 Å². The minimum Gasteiger partial charge on any atom is -0.488 e. The van der Waals surface area contributed by atoms with Crippen molar-refractivity contribution < 1.29 is 18.6 Å². The Morgan fingerprint density at radius 1 is 1.29 bits per heavy atom. The molecule has 3 aliphatic heterocycles. The molecule has 1 spiro atoms. The van der Waals surface area contributed by atoms with E-state index in [2.05, 4.69) is 4.90 Å². The topological polar surface area (TPSA) is 30.9 Å². The zero-order valence-corrected chi connectivity index (χ0v) is 12.0. The summed E-state index contributed by atoms with van der Waals surface area (Å²) in [6, 6.07) is 4.76. The van der Waals surface area contributed by atoms with Gasteiger partial charge in [-0.25, -0.2) is 4.39 Å². The van der Waals surface area contributed by atoms with Crippen LogP contribution < -0.4 is 4.74 Å². The van der Waals surface area contributed by atoms with Crippen LogP contribution >= 0.6 is 0 Å². The molecule has 3 aliphatic rings. The number of hydrogen-bond donors (Lipinski definition) is 0. The maximum absolute atomic E-state index is 13.2. The third kappa shape index (κ3) is 2.65. The minimum atomic E-state index is -0.393. The summed E-state index contributed by atoms with van der Waals surface area (Å²) in [6.45, 7) is 4.07. The predicted octanol–water partition coefficient (Wildman–Crippen LogP) is 1.97. The second-order valence-corrected chi connectivity index (χ2v) is 6.14. The van der Waals surface area contributed by atoms with Gasteiger partial charge in [0.05, 0.1) is 19.8 Å². The summed E-state index contributed by atoms with van der Waals surface area (Å²) in [7, 11) is 0. The van der Waals surface area contributed by atoms with Gasteiger partial charge in [-0.3, -0.25) is 4.90 Å². The zero-order valence-electron chi connectivity index (χ0n) is 12.0. The summed E-state index contributed by atoms with van der Waals surface area (Å²) in [5.74, 6) is 0.236. The summed E-state index contributed by atoms with van der Waals surface area (Å²) < 4.78 is 30.8. The molecule has 114 valence electrons. The molecule has 0 N–H and O–H groups in total. The van der Waals surface area contributed by atoms with Gasteiger partial charge in [0.1, 0.15) is 17.7 Å². The van der Waals surface area contributed by atoms with Crippen LogP contribution in [0.2, 0.25) is 0 Å². The van der Waals surface area contributed by atoms with Crippen LogP contribution in [-0.4, -0.2) is 49.6 Å². The van der Waals surface area contributed by atoms with Gasteiger partial charge >= 0.3 is 0 Å². The van der Waals surface area contributed by atoms with Gasteiger partial charge in [0.2, 0.25) is 0 Å². The molecule has 1 atom stereocenters. The van der Waals surface area contributed by atoms with Gasteiger partial charge < -0.3 is 14.2 Å². The van der Waals surface area contributed by atoms with Crippen LogP contribution in [0.3, 0.4) is 0 Å². The molecule has 0 aromatic heterocycles. The normalized spacial score (nSPS) is 27.8. The minimum absolute atomic E-state index is 0.0957. The van der Waals surface area contributed by atoms with Gasteiger partial charge in [-0.2, -0.15) is 0 Å². The Balaban J connectivity index is 1.39. The molecule has 0 saturated carbocycles. The Morgan fingerprint density at radius 3 is 3.00 bits per heavy atom. The number of nitrogens with zero attached hydrogens (tertiary/aromatic N) is 1. The lowest BCUT2D eigenvalue weighted by Crippen LogP contribution is -2.51. The van der Waals surface area contributed by atoms with Gasteiger partial charge in [0, 0.05) is 24.9 Å². The molecule has 1 aromatic rings. The maximum Gasteiger partial charge on any atom is 0.181 e. The number of likely N-dealkylation sites (tertiary alicyclic amines) is 1. The Labute approximate surface area is 123 Å². The molecule has 5 heteroatoms. The fraction of sp³-hybridized carbons (Fsp3) is 0.625. The molecule has 3 heterocycles. The van der Waals surface area contributed by atoms with Crippen molar-refractivity contribution >= 4 is 0 Å². The van der Waals surface area contributed by atoms with E-state index in [1.165, 1.54) is 6.07 Å². The molecule has 2 saturated heterocycles. The quantitative estimate of drug-likeness (QED) is 0.834. The van der Waals surface area contributed by atoms with E-state index in [9.17, 15) is 4.39 Å². The van der Waals surface area contributed by atoms with Gasteiger partial charge in [-0.15, -0.1) is 0 Å². The second kappa shape index (κ2) is 5.23. The van der Waals surface area contributed by atoms with E-state index in [0.29, 0.717) is 13.2 Å². The van der Waals surface area contributed by atoms with Crippen molar-refractivity contribution in [3.05, 3.63) is 29.6 Å². The molecule has 1 aromatic carbocycles. The van der Waals surface area contributed by atoms with Crippen molar-refractivity contribution in [3.8, 4) is 5.75 Å². The van der Waals surface area contributed by atoms with E-state index in [0.717, 1.165) is 50.2 Å². The SMILES string of the molecule is Fc1ccc2c(c1)CC(CN1CCCC3(C1)OCCO3)O2. The van der Waals surface area contributed by atoms with E-state index < -0.39 is 5.79 Å². The molecule has 4 rings (SSSR count). The number of rotatable bonds is 2. The lowest BCUT2D eigenvalue weighted by atomic mass is 10.0. The Bertz CT molecular complexity index is 530. The van der Waals surface area contributed by atoms with Crippen molar-refractivity contribution in [2.45, 2.75) is 31.2 Å². The summed E-state index contributed by atoms with van der Waals surface area (Å²) in [4.78, 5) is 2.35. The van der Waals surface area contributed by atoms with E-state index in [1.807, 2.05) is 0 Å². The molecule has 21 heavy (non-hydrogen) atoms. The standard InChI is InChI=1S/C16H20FNO3/c17-13-2-3-15-12(8-13)9-14(21-15)10-18-5-1-4-16(11-18)19-6-7-20-16/h2-3,8,14H,1,4-7,9-11H2. The van der Waals surface area contributed by atoms with Crippen molar-refractivity contribution in [2.75, 3.05) is 32.8 Å². The summed E-state index contributed by atoms with van der Waals surface area (Å²) in [6.07, 6.45) is 2.92. The fourth-order valence-corrected chi connectivity index (χ4v) is 3.64. The van der Waals surface area contributed by atoms with Gasteiger partial charge in [0.25, 0.3) is 0 Å². The zero-order chi connectivity index (χ0) is 14.3. The molecule has 0 amide bonds. The monoisotopic (exact) mass is 293 g/mol. The van der Waals surface area contributed by atoms with Gasteiger partial charge in [-0.05, 0) is 31.2 Å². The van der Waals surface area contributed by atoms with Crippen LogP contribution in [-0.2, 0) is 15.9 Å². The lowest BCUT2D eigenvalue weighted by Gasteiger charge is -2.39. The highest BCUT2D eigenvalue weighted by Crippen LogP contribution is 2.33. The summed E-state index contributed by atoms with van der Waals surface area (Å²) in [5.41, 5.74) is 0.972. The van der Waals surface area contributed by atoms with Gasteiger partial charge in [-0.1, -0.05) is 0 Å². The molecule has 0 aliphatic carbocycles. The maximum atomic E-state index is 13.2. The average Bonchev–Trinajstić information content (AvgIpc) is 3.05. The number of benzene rings is 1. The van der Waals surface area contributed by atoms with Crippen LogP contribution in [0.5, 0.6) is 5.75 Å². The summed E-state index contributed by atoms with van der Waals surface area (Å²) in [5, 5.41) is 0.